The summed E-state index contributed by atoms with van der Waals surface area (Å²) in [5.74, 6) is 2.89. The molecule has 112 valence electrons. The van der Waals surface area contributed by atoms with Crippen molar-refractivity contribution in [2.45, 2.75) is 25.3 Å². The Bertz CT molecular complexity index is 569. The minimum Gasteiger partial charge on any atom is -0.497 e. The summed E-state index contributed by atoms with van der Waals surface area (Å²) >= 11 is 0. The number of methoxy groups -OCH3 is 1. The number of ether oxygens (including phenoxy) is 2. The van der Waals surface area contributed by atoms with Gasteiger partial charge in [-0.05, 0) is 31.2 Å². The molecular formula is C16H21N3O2. The molecular weight excluding hydrogens is 266 g/mol. The molecule has 2 N–H and O–H groups in total. The Morgan fingerprint density at radius 1 is 1.48 bits per heavy atom. The van der Waals surface area contributed by atoms with Gasteiger partial charge in [-0.15, -0.1) is 0 Å². The largest absolute Gasteiger partial charge is 0.497 e. The van der Waals surface area contributed by atoms with E-state index in [1.54, 1.807) is 13.3 Å². The molecule has 0 bridgehead atoms. The van der Waals surface area contributed by atoms with Crippen LogP contribution in [-0.4, -0.2) is 30.2 Å². The molecule has 1 atom stereocenters. The van der Waals surface area contributed by atoms with Crippen LogP contribution in [-0.2, 0) is 6.42 Å². The molecule has 3 rings (SSSR count). The summed E-state index contributed by atoms with van der Waals surface area (Å²) in [6.45, 7) is 1.72. The molecule has 1 aliphatic rings. The van der Waals surface area contributed by atoms with Gasteiger partial charge in [0.1, 0.15) is 17.3 Å². The zero-order chi connectivity index (χ0) is 14.5. The number of aromatic nitrogens is 2. The first-order valence-corrected chi connectivity index (χ1v) is 7.39. The van der Waals surface area contributed by atoms with E-state index in [1.165, 1.54) is 5.56 Å². The third kappa shape index (κ3) is 3.36. The minimum atomic E-state index is 0.334. The highest BCUT2D eigenvalue weighted by Crippen LogP contribution is 2.34. The molecule has 21 heavy (non-hydrogen) atoms. The number of fused-ring (bicyclic) bond motifs is 1. The second-order valence-electron chi connectivity index (χ2n) is 5.19. The molecule has 5 nitrogen and oxygen atoms in total. The fourth-order valence-electron chi connectivity index (χ4n) is 2.68. The van der Waals surface area contributed by atoms with Gasteiger partial charge in [0.25, 0.3) is 0 Å². The number of hydrogen-bond donors (Lipinski definition) is 2. The van der Waals surface area contributed by atoms with Gasteiger partial charge < -0.3 is 19.8 Å². The summed E-state index contributed by atoms with van der Waals surface area (Å²) < 4.78 is 11.0. The summed E-state index contributed by atoms with van der Waals surface area (Å²) in [6, 6.07) is 6.34. The zero-order valence-corrected chi connectivity index (χ0v) is 12.3. The number of nitrogens with zero attached hydrogens (tertiary/aromatic N) is 1. The van der Waals surface area contributed by atoms with E-state index >= 15 is 0 Å². The molecule has 2 heterocycles. The zero-order valence-electron chi connectivity index (χ0n) is 12.3. The lowest BCUT2D eigenvalue weighted by Gasteiger charge is -2.27. The van der Waals surface area contributed by atoms with Crippen LogP contribution in [0.1, 0.15) is 30.3 Å². The van der Waals surface area contributed by atoms with Crippen molar-refractivity contribution in [3.63, 3.8) is 0 Å². The second kappa shape index (κ2) is 6.63. The van der Waals surface area contributed by atoms with Crippen molar-refractivity contribution in [1.29, 1.82) is 0 Å². The van der Waals surface area contributed by atoms with Gasteiger partial charge in [-0.2, -0.15) is 0 Å². The SMILES string of the molecule is COc1ccc2c(c1)C(NCCCc1ncc[nH]1)CCO2. The Morgan fingerprint density at radius 2 is 2.43 bits per heavy atom. The van der Waals surface area contributed by atoms with Crippen LogP contribution in [0.15, 0.2) is 30.6 Å². The number of hydrogen-bond acceptors (Lipinski definition) is 4. The first kappa shape index (κ1) is 13.9. The van der Waals surface area contributed by atoms with Crippen molar-refractivity contribution in [2.24, 2.45) is 0 Å². The van der Waals surface area contributed by atoms with Crippen LogP contribution in [0.4, 0.5) is 0 Å². The number of H-pyrrole nitrogens is 1. The monoisotopic (exact) mass is 287 g/mol. The molecule has 1 aromatic heterocycles. The number of aromatic amines is 1. The van der Waals surface area contributed by atoms with E-state index in [0.717, 1.165) is 49.7 Å². The van der Waals surface area contributed by atoms with E-state index in [9.17, 15) is 0 Å². The fourth-order valence-corrected chi connectivity index (χ4v) is 2.68. The molecule has 0 aliphatic carbocycles. The Morgan fingerprint density at radius 3 is 3.24 bits per heavy atom. The molecule has 1 unspecified atom stereocenters. The summed E-state index contributed by atoms with van der Waals surface area (Å²) in [5, 5.41) is 3.61. The van der Waals surface area contributed by atoms with Crippen molar-refractivity contribution in [1.82, 2.24) is 15.3 Å². The number of benzene rings is 1. The first-order valence-electron chi connectivity index (χ1n) is 7.39. The lowest BCUT2D eigenvalue weighted by atomic mass is 10.00. The van der Waals surface area contributed by atoms with Crippen molar-refractivity contribution in [3.05, 3.63) is 42.0 Å². The van der Waals surface area contributed by atoms with Crippen molar-refractivity contribution >= 4 is 0 Å². The maximum absolute atomic E-state index is 5.71. The molecule has 2 aromatic rings. The van der Waals surface area contributed by atoms with E-state index in [-0.39, 0.29) is 0 Å². The van der Waals surface area contributed by atoms with E-state index < -0.39 is 0 Å². The third-order valence-corrected chi connectivity index (χ3v) is 3.79. The highest BCUT2D eigenvalue weighted by atomic mass is 16.5. The van der Waals surface area contributed by atoms with Gasteiger partial charge in [0.15, 0.2) is 0 Å². The maximum Gasteiger partial charge on any atom is 0.124 e. The van der Waals surface area contributed by atoms with E-state index in [0.29, 0.717) is 6.04 Å². The van der Waals surface area contributed by atoms with Crippen LogP contribution in [0.2, 0.25) is 0 Å². The van der Waals surface area contributed by atoms with Gasteiger partial charge >= 0.3 is 0 Å². The third-order valence-electron chi connectivity index (χ3n) is 3.79. The first-order chi connectivity index (χ1) is 10.4. The topological polar surface area (TPSA) is 59.2 Å². The maximum atomic E-state index is 5.71. The van der Waals surface area contributed by atoms with Crippen LogP contribution in [0, 0.1) is 0 Å². The minimum absolute atomic E-state index is 0.334. The Labute approximate surface area is 124 Å². The standard InChI is InChI=1S/C16H21N3O2/c1-20-12-4-5-15-13(11-12)14(6-10-21-15)17-7-2-3-16-18-8-9-19-16/h4-5,8-9,11,14,17H,2-3,6-7,10H2,1H3,(H,18,19). The van der Waals surface area contributed by atoms with Crippen LogP contribution < -0.4 is 14.8 Å². The van der Waals surface area contributed by atoms with Gasteiger partial charge in [-0.1, -0.05) is 0 Å². The summed E-state index contributed by atoms with van der Waals surface area (Å²) in [7, 11) is 1.69. The van der Waals surface area contributed by atoms with Crippen molar-refractivity contribution < 1.29 is 9.47 Å². The average molecular weight is 287 g/mol. The Balaban J connectivity index is 1.57. The fraction of sp³-hybridized carbons (Fsp3) is 0.438. The number of aryl methyl sites for hydroxylation is 1. The van der Waals surface area contributed by atoms with Crippen LogP contribution in [0.5, 0.6) is 11.5 Å². The molecule has 0 amide bonds. The highest BCUT2D eigenvalue weighted by Gasteiger charge is 2.21. The van der Waals surface area contributed by atoms with E-state index in [1.807, 2.05) is 18.3 Å². The molecule has 0 saturated heterocycles. The van der Waals surface area contributed by atoms with Crippen LogP contribution in [0.3, 0.4) is 0 Å². The van der Waals surface area contributed by atoms with E-state index in [2.05, 4.69) is 21.4 Å². The van der Waals surface area contributed by atoms with Crippen molar-refractivity contribution in [2.75, 3.05) is 20.3 Å². The normalized spacial score (nSPS) is 17.1. The molecule has 1 aliphatic heterocycles. The summed E-state index contributed by atoms with van der Waals surface area (Å²) in [4.78, 5) is 7.37. The molecule has 1 aromatic carbocycles. The second-order valence-corrected chi connectivity index (χ2v) is 5.19. The number of imidazole rings is 1. The van der Waals surface area contributed by atoms with Crippen LogP contribution >= 0.6 is 0 Å². The van der Waals surface area contributed by atoms with Gasteiger partial charge in [0, 0.05) is 36.8 Å². The quantitative estimate of drug-likeness (QED) is 0.801. The average Bonchev–Trinajstić information content (AvgIpc) is 3.04. The lowest BCUT2D eigenvalue weighted by Crippen LogP contribution is -2.28. The number of nitrogens with one attached hydrogen (secondary N) is 2. The molecule has 0 fully saturated rings. The van der Waals surface area contributed by atoms with Crippen LogP contribution in [0.25, 0.3) is 0 Å². The van der Waals surface area contributed by atoms with Gasteiger partial charge in [-0.25, -0.2) is 4.98 Å². The van der Waals surface area contributed by atoms with Gasteiger partial charge in [-0.3, -0.25) is 0 Å². The predicted octanol–water partition coefficient (Wildman–Crippen LogP) is 2.46. The van der Waals surface area contributed by atoms with E-state index in [4.69, 9.17) is 9.47 Å². The van der Waals surface area contributed by atoms with Crippen molar-refractivity contribution in [3.8, 4) is 11.5 Å². The Kier molecular flexibility index (Phi) is 4.40. The number of rotatable bonds is 6. The van der Waals surface area contributed by atoms with Gasteiger partial charge in [0.2, 0.25) is 0 Å². The molecule has 0 saturated carbocycles. The summed E-state index contributed by atoms with van der Waals surface area (Å²) in [6.07, 6.45) is 6.67. The highest BCUT2D eigenvalue weighted by molar-refractivity contribution is 5.43. The van der Waals surface area contributed by atoms with Gasteiger partial charge in [0.05, 0.1) is 13.7 Å². The molecule has 0 radical (unpaired) electrons. The Hall–Kier alpha value is -2.01. The molecule has 0 spiro atoms. The smallest absolute Gasteiger partial charge is 0.124 e. The predicted molar refractivity (Wildman–Crippen MR) is 80.8 cm³/mol. The molecule has 5 heteroatoms. The summed E-state index contributed by atoms with van der Waals surface area (Å²) in [5.41, 5.74) is 1.19. The lowest BCUT2D eigenvalue weighted by molar-refractivity contribution is 0.251.